The molecule has 2 amide bonds. The molecule has 2 saturated heterocycles. The van der Waals surface area contributed by atoms with Crippen molar-refractivity contribution in [3.05, 3.63) is 47.3 Å². The Labute approximate surface area is 231 Å². The fraction of sp³-hybridized carbons (Fsp3) is 0.581. The second-order valence-corrected chi connectivity index (χ2v) is 11.6. The van der Waals surface area contributed by atoms with Crippen LogP contribution in [0.2, 0.25) is 0 Å². The zero-order valence-corrected chi connectivity index (χ0v) is 23.5. The van der Waals surface area contributed by atoms with E-state index in [4.69, 9.17) is 5.10 Å². The molecule has 0 radical (unpaired) electrons. The van der Waals surface area contributed by atoms with Crippen LogP contribution in [0, 0.1) is 25.7 Å². The number of hydrogen-bond donors (Lipinski definition) is 2. The van der Waals surface area contributed by atoms with Gasteiger partial charge in [0.05, 0.1) is 23.5 Å². The normalized spacial score (nSPS) is 22.9. The van der Waals surface area contributed by atoms with Crippen molar-refractivity contribution in [2.45, 2.75) is 95.9 Å². The minimum absolute atomic E-state index is 0.103. The number of likely N-dealkylation sites (tertiary alicyclic amines) is 1. The Bertz CT molecular complexity index is 1260. The van der Waals surface area contributed by atoms with Gasteiger partial charge in [0.1, 0.15) is 11.6 Å². The second-order valence-electron chi connectivity index (χ2n) is 11.6. The summed E-state index contributed by atoms with van der Waals surface area (Å²) in [5.74, 6) is 5.73. The van der Waals surface area contributed by atoms with Gasteiger partial charge in [0, 0.05) is 37.3 Å². The van der Waals surface area contributed by atoms with Crippen LogP contribution in [0.1, 0.15) is 75.2 Å². The largest absolute Gasteiger partial charge is 0.390 e. The summed E-state index contributed by atoms with van der Waals surface area (Å²) < 4.78 is 1.99. The molecule has 3 heterocycles. The average molecular weight is 532 g/mol. The maximum absolute atomic E-state index is 13.8. The Morgan fingerprint density at radius 2 is 1.74 bits per heavy atom. The number of rotatable bonds is 6. The van der Waals surface area contributed by atoms with E-state index >= 15 is 0 Å². The molecule has 3 fully saturated rings. The Morgan fingerprint density at radius 1 is 1.05 bits per heavy atom. The van der Waals surface area contributed by atoms with Gasteiger partial charge < -0.3 is 15.3 Å². The predicted octanol–water partition coefficient (Wildman–Crippen LogP) is 3.26. The SMILES string of the molecule is CC#CCN1C(=O)[C@@H](CC2(O)CCCCC2)NC(=O)C12CCN(Cc1c(C)nn(-c3ccccc3)c1C)CC2. The fourth-order valence-corrected chi connectivity index (χ4v) is 6.72. The quantitative estimate of drug-likeness (QED) is 0.559. The van der Waals surface area contributed by atoms with Crippen LogP contribution in [0.25, 0.3) is 5.69 Å². The number of piperazine rings is 1. The third-order valence-electron chi connectivity index (χ3n) is 9.10. The summed E-state index contributed by atoms with van der Waals surface area (Å²) in [7, 11) is 0. The van der Waals surface area contributed by atoms with Crippen molar-refractivity contribution < 1.29 is 14.7 Å². The first kappa shape index (κ1) is 27.4. The molecule has 5 rings (SSSR count). The van der Waals surface area contributed by atoms with E-state index in [0.29, 0.717) is 38.8 Å². The van der Waals surface area contributed by atoms with E-state index in [2.05, 4.69) is 41.1 Å². The van der Waals surface area contributed by atoms with Gasteiger partial charge >= 0.3 is 0 Å². The van der Waals surface area contributed by atoms with Gasteiger partial charge in [-0.05, 0) is 58.6 Å². The maximum atomic E-state index is 13.8. The molecule has 1 spiro atoms. The van der Waals surface area contributed by atoms with Crippen molar-refractivity contribution in [3.63, 3.8) is 0 Å². The monoisotopic (exact) mass is 531 g/mol. The first-order valence-electron chi connectivity index (χ1n) is 14.3. The van der Waals surface area contributed by atoms with Gasteiger partial charge in [-0.15, -0.1) is 5.92 Å². The molecule has 2 aliphatic heterocycles. The summed E-state index contributed by atoms with van der Waals surface area (Å²) in [5.41, 5.74) is 2.58. The molecular weight excluding hydrogens is 490 g/mol. The summed E-state index contributed by atoms with van der Waals surface area (Å²) in [6.45, 7) is 8.28. The number of carbonyl (C=O) groups excluding carboxylic acids is 2. The number of benzene rings is 1. The second kappa shape index (κ2) is 11.1. The summed E-state index contributed by atoms with van der Waals surface area (Å²) in [6.07, 6.45) is 5.77. The van der Waals surface area contributed by atoms with Crippen LogP contribution in [0.5, 0.6) is 0 Å². The van der Waals surface area contributed by atoms with Crippen LogP contribution in [-0.2, 0) is 16.1 Å². The van der Waals surface area contributed by atoms with Crippen LogP contribution in [0.3, 0.4) is 0 Å². The highest BCUT2D eigenvalue weighted by molar-refractivity contribution is 6.00. The molecule has 8 nitrogen and oxygen atoms in total. The smallest absolute Gasteiger partial charge is 0.246 e. The van der Waals surface area contributed by atoms with E-state index in [1.54, 1.807) is 11.8 Å². The maximum Gasteiger partial charge on any atom is 0.246 e. The number of amides is 2. The zero-order chi connectivity index (χ0) is 27.6. The van der Waals surface area contributed by atoms with Gasteiger partial charge in [-0.2, -0.15) is 5.10 Å². The number of aryl methyl sites for hydroxylation is 1. The lowest BCUT2D eigenvalue weighted by Gasteiger charge is -2.51. The van der Waals surface area contributed by atoms with E-state index in [9.17, 15) is 14.7 Å². The van der Waals surface area contributed by atoms with E-state index in [1.807, 2.05) is 29.8 Å². The zero-order valence-electron chi connectivity index (χ0n) is 23.5. The van der Waals surface area contributed by atoms with Crippen molar-refractivity contribution in [3.8, 4) is 17.5 Å². The summed E-state index contributed by atoms with van der Waals surface area (Å²) >= 11 is 0. The van der Waals surface area contributed by atoms with Crippen molar-refractivity contribution in [1.29, 1.82) is 0 Å². The van der Waals surface area contributed by atoms with Crippen LogP contribution in [0.4, 0.5) is 0 Å². The molecule has 1 aromatic carbocycles. The molecule has 0 bridgehead atoms. The standard InChI is InChI=1S/C31H41N5O3/c1-4-5-18-35-28(37)27(21-30(39)14-10-7-11-15-30)32-29(38)31(35)16-19-34(20-17-31)22-26-23(2)33-36(24(26)3)25-12-8-6-9-13-25/h6,8-9,12-13,27,39H,7,10-11,14-22H2,1-3H3,(H,32,38)/t27-/m1/s1. The Hall–Kier alpha value is -3.15. The van der Waals surface area contributed by atoms with Gasteiger partial charge in [-0.25, -0.2) is 4.68 Å². The number of para-hydroxylation sites is 1. The van der Waals surface area contributed by atoms with Crippen molar-refractivity contribution in [2.75, 3.05) is 19.6 Å². The molecule has 3 aliphatic rings. The minimum atomic E-state index is -0.901. The van der Waals surface area contributed by atoms with Crippen LogP contribution in [0.15, 0.2) is 30.3 Å². The van der Waals surface area contributed by atoms with Crippen molar-refractivity contribution in [1.82, 2.24) is 24.9 Å². The number of nitrogens with zero attached hydrogens (tertiary/aromatic N) is 4. The fourth-order valence-electron chi connectivity index (χ4n) is 6.72. The molecule has 1 aliphatic carbocycles. The molecule has 1 saturated carbocycles. The van der Waals surface area contributed by atoms with Gasteiger partial charge in [0.2, 0.25) is 11.8 Å². The molecule has 39 heavy (non-hydrogen) atoms. The van der Waals surface area contributed by atoms with E-state index in [-0.39, 0.29) is 24.8 Å². The highest BCUT2D eigenvalue weighted by atomic mass is 16.3. The summed E-state index contributed by atoms with van der Waals surface area (Å²) in [6, 6.07) is 9.45. The van der Waals surface area contributed by atoms with Crippen LogP contribution >= 0.6 is 0 Å². The van der Waals surface area contributed by atoms with Crippen molar-refractivity contribution in [2.24, 2.45) is 0 Å². The number of aromatic nitrogens is 2. The van der Waals surface area contributed by atoms with Gasteiger partial charge in [-0.3, -0.25) is 14.5 Å². The molecule has 0 unspecified atom stereocenters. The van der Waals surface area contributed by atoms with Crippen LogP contribution < -0.4 is 5.32 Å². The van der Waals surface area contributed by atoms with Crippen molar-refractivity contribution >= 4 is 11.8 Å². The third kappa shape index (κ3) is 5.35. The highest BCUT2D eigenvalue weighted by Crippen LogP contribution is 2.37. The molecule has 1 atom stereocenters. The number of aliphatic hydroxyl groups is 1. The number of hydrogen-bond acceptors (Lipinski definition) is 5. The lowest BCUT2D eigenvalue weighted by atomic mass is 9.77. The lowest BCUT2D eigenvalue weighted by Crippen LogP contribution is -2.73. The van der Waals surface area contributed by atoms with Gasteiger partial charge in [-0.1, -0.05) is 43.4 Å². The summed E-state index contributed by atoms with van der Waals surface area (Å²) in [5, 5.41) is 19.0. The Balaban J connectivity index is 1.31. The third-order valence-corrected chi connectivity index (χ3v) is 9.10. The molecule has 1 aromatic heterocycles. The van der Waals surface area contributed by atoms with E-state index in [0.717, 1.165) is 42.9 Å². The minimum Gasteiger partial charge on any atom is -0.390 e. The number of piperidine rings is 1. The molecular formula is C31H41N5O3. The Morgan fingerprint density at radius 3 is 2.41 bits per heavy atom. The first-order chi connectivity index (χ1) is 18.8. The summed E-state index contributed by atoms with van der Waals surface area (Å²) in [4.78, 5) is 31.6. The van der Waals surface area contributed by atoms with E-state index in [1.165, 1.54) is 5.56 Å². The predicted molar refractivity (Wildman–Crippen MR) is 150 cm³/mol. The molecule has 8 heteroatoms. The molecule has 208 valence electrons. The topological polar surface area (TPSA) is 90.7 Å². The highest BCUT2D eigenvalue weighted by Gasteiger charge is 2.54. The first-order valence-corrected chi connectivity index (χ1v) is 14.3. The Kier molecular flexibility index (Phi) is 7.84. The molecule has 2 aromatic rings. The van der Waals surface area contributed by atoms with Gasteiger partial charge in [0.15, 0.2) is 0 Å². The average Bonchev–Trinajstić information content (AvgIpc) is 3.22. The lowest BCUT2D eigenvalue weighted by molar-refractivity contribution is -0.162. The van der Waals surface area contributed by atoms with E-state index < -0.39 is 17.2 Å². The molecule has 2 N–H and O–H groups in total. The number of carbonyl (C=O) groups is 2. The van der Waals surface area contributed by atoms with Crippen LogP contribution in [-0.4, -0.2) is 73.3 Å². The van der Waals surface area contributed by atoms with Gasteiger partial charge in [0.25, 0.3) is 0 Å². The number of nitrogens with one attached hydrogen (secondary N) is 1.